The van der Waals surface area contributed by atoms with Crippen LogP contribution in [0.25, 0.3) is 11.4 Å². The quantitative estimate of drug-likeness (QED) is 0.760. The van der Waals surface area contributed by atoms with Gasteiger partial charge in [0.15, 0.2) is 0 Å². The second-order valence-corrected chi connectivity index (χ2v) is 3.86. The van der Waals surface area contributed by atoms with E-state index in [1.54, 1.807) is 0 Å². The van der Waals surface area contributed by atoms with Gasteiger partial charge in [-0.15, -0.1) is 10.2 Å². The van der Waals surface area contributed by atoms with Crippen molar-refractivity contribution in [2.45, 2.75) is 13.5 Å². The second-order valence-electron chi connectivity index (χ2n) is 3.86. The van der Waals surface area contributed by atoms with Crippen LogP contribution in [0.5, 0.6) is 0 Å². The zero-order valence-electron chi connectivity index (χ0n) is 10.3. The Morgan fingerprint density at radius 2 is 2.11 bits per heavy atom. The molecule has 0 fully saturated rings. The minimum atomic E-state index is 0.0270. The number of hydrogen-bond donors (Lipinski definition) is 1. The molecule has 0 aliphatic heterocycles. The molecule has 18 heavy (non-hydrogen) atoms. The Labute approximate surface area is 105 Å². The van der Waals surface area contributed by atoms with Crippen LogP contribution >= 0.6 is 0 Å². The molecule has 1 N–H and O–H groups in total. The van der Waals surface area contributed by atoms with Crippen molar-refractivity contribution >= 4 is 0 Å². The number of benzene rings is 1. The van der Waals surface area contributed by atoms with Crippen molar-refractivity contribution in [3.05, 3.63) is 29.8 Å². The van der Waals surface area contributed by atoms with Crippen molar-refractivity contribution in [3.8, 4) is 11.4 Å². The first kappa shape index (κ1) is 12.7. The SMILES string of the molecule is Cc1ccccc1-c1nnn(CCOCCO)n1. The molecule has 96 valence electrons. The summed E-state index contributed by atoms with van der Waals surface area (Å²) in [5, 5.41) is 20.8. The fourth-order valence-corrected chi connectivity index (χ4v) is 1.58. The van der Waals surface area contributed by atoms with Crippen molar-refractivity contribution < 1.29 is 9.84 Å². The van der Waals surface area contributed by atoms with E-state index in [1.165, 1.54) is 4.80 Å². The van der Waals surface area contributed by atoms with Crippen molar-refractivity contribution in [1.82, 2.24) is 20.2 Å². The Morgan fingerprint density at radius 3 is 2.89 bits per heavy atom. The highest BCUT2D eigenvalue weighted by Gasteiger charge is 2.07. The standard InChI is InChI=1S/C12H16N4O2/c1-10-4-2-3-5-11(10)12-13-15-16(14-12)6-8-18-9-7-17/h2-5,17H,6-9H2,1H3. The lowest BCUT2D eigenvalue weighted by Crippen LogP contribution is -2.10. The maximum atomic E-state index is 8.57. The molecule has 0 aliphatic carbocycles. The summed E-state index contributed by atoms with van der Waals surface area (Å²) in [6.45, 7) is 3.36. The lowest BCUT2D eigenvalue weighted by Gasteiger charge is -2.00. The summed E-state index contributed by atoms with van der Waals surface area (Å²) in [6.07, 6.45) is 0. The third-order valence-electron chi connectivity index (χ3n) is 2.51. The summed E-state index contributed by atoms with van der Waals surface area (Å²) in [4.78, 5) is 1.50. The van der Waals surface area contributed by atoms with Crippen LogP contribution in [-0.4, -0.2) is 45.1 Å². The number of aliphatic hydroxyl groups is 1. The maximum Gasteiger partial charge on any atom is 0.205 e. The van der Waals surface area contributed by atoms with E-state index < -0.39 is 0 Å². The Kier molecular flexibility index (Phi) is 4.38. The lowest BCUT2D eigenvalue weighted by molar-refractivity contribution is 0.0831. The molecule has 0 aliphatic rings. The maximum absolute atomic E-state index is 8.57. The first-order valence-electron chi connectivity index (χ1n) is 5.83. The summed E-state index contributed by atoms with van der Waals surface area (Å²) in [5.41, 5.74) is 2.11. The predicted molar refractivity (Wildman–Crippen MR) is 65.9 cm³/mol. The van der Waals surface area contributed by atoms with Gasteiger partial charge in [-0.05, 0) is 17.7 Å². The largest absolute Gasteiger partial charge is 0.394 e. The van der Waals surface area contributed by atoms with E-state index in [4.69, 9.17) is 9.84 Å². The Hall–Kier alpha value is -1.79. The van der Waals surface area contributed by atoms with E-state index in [9.17, 15) is 0 Å². The molecule has 1 aromatic heterocycles. The molecule has 0 amide bonds. The van der Waals surface area contributed by atoms with Crippen molar-refractivity contribution in [1.29, 1.82) is 0 Å². The van der Waals surface area contributed by atoms with E-state index in [2.05, 4.69) is 15.4 Å². The Balaban J connectivity index is 2.00. The molecule has 6 nitrogen and oxygen atoms in total. The summed E-state index contributed by atoms with van der Waals surface area (Å²) in [7, 11) is 0. The number of hydrogen-bond acceptors (Lipinski definition) is 5. The van der Waals surface area contributed by atoms with E-state index in [-0.39, 0.29) is 6.61 Å². The van der Waals surface area contributed by atoms with Crippen LogP contribution in [0.3, 0.4) is 0 Å². The molecule has 1 aromatic carbocycles. The van der Waals surface area contributed by atoms with Gasteiger partial charge in [0.1, 0.15) is 0 Å². The normalized spacial score (nSPS) is 10.8. The number of aliphatic hydroxyl groups excluding tert-OH is 1. The van der Waals surface area contributed by atoms with Crippen molar-refractivity contribution in [2.75, 3.05) is 19.8 Å². The molecule has 0 bridgehead atoms. The van der Waals surface area contributed by atoms with Gasteiger partial charge in [-0.1, -0.05) is 24.3 Å². The number of aromatic nitrogens is 4. The molecule has 6 heteroatoms. The van der Waals surface area contributed by atoms with E-state index >= 15 is 0 Å². The number of tetrazole rings is 1. The minimum Gasteiger partial charge on any atom is -0.394 e. The Morgan fingerprint density at radius 1 is 1.28 bits per heavy atom. The zero-order chi connectivity index (χ0) is 12.8. The number of rotatable bonds is 6. The molecular formula is C12H16N4O2. The van der Waals surface area contributed by atoms with Gasteiger partial charge in [-0.2, -0.15) is 4.80 Å². The van der Waals surface area contributed by atoms with Crippen LogP contribution in [0.1, 0.15) is 5.56 Å². The van der Waals surface area contributed by atoms with Gasteiger partial charge >= 0.3 is 0 Å². The van der Waals surface area contributed by atoms with Gasteiger partial charge < -0.3 is 9.84 Å². The topological polar surface area (TPSA) is 73.1 Å². The molecule has 0 radical (unpaired) electrons. The minimum absolute atomic E-state index is 0.0270. The van der Waals surface area contributed by atoms with Crippen LogP contribution in [-0.2, 0) is 11.3 Å². The highest BCUT2D eigenvalue weighted by Crippen LogP contribution is 2.17. The van der Waals surface area contributed by atoms with Gasteiger partial charge in [0.25, 0.3) is 0 Å². The van der Waals surface area contributed by atoms with Gasteiger partial charge in [-0.3, -0.25) is 0 Å². The summed E-state index contributed by atoms with van der Waals surface area (Å²) >= 11 is 0. The molecule has 2 aromatic rings. The van der Waals surface area contributed by atoms with Gasteiger partial charge in [-0.25, -0.2) is 0 Å². The van der Waals surface area contributed by atoms with Crippen molar-refractivity contribution in [2.24, 2.45) is 0 Å². The molecule has 1 heterocycles. The molecule has 2 rings (SSSR count). The third kappa shape index (κ3) is 3.12. The average Bonchev–Trinajstić information content (AvgIpc) is 2.84. The van der Waals surface area contributed by atoms with Gasteiger partial charge in [0.05, 0.1) is 26.4 Å². The molecule has 0 atom stereocenters. The van der Waals surface area contributed by atoms with E-state index in [1.807, 2.05) is 31.2 Å². The van der Waals surface area contributed by atoms with Gasteiger partial charge in [0.2, 0.25) is 5.82 Å². The van der Waals surface area contributed by atoms with Crippen LogP contribution in [0.4, 0.5) is 0 Å². The van der Waals surface area contributed by atoms with Crippen LogP contribution < -0.4 is 0 Å². The lowest BCUT2D eigenvalue weighted by atomic mass is 10.1. The van der Waals surface area contributed by atoms with Crippen molar-refractivity contribution in [3.63, 3.8) is 0 Å². The molecular weight excluding hydrogens is 232 g/mol. The number of ether oxygens (including phenoxy) is 1. The smallest absolute Gasteiger partial charge is 0.205 e. The zero-order valence-corrected chi connectivity index (χ0v) is 10.3. The monoisotopic (exact) mass is 248 g/mol. The first-order chi connectivity index (χ1) is 8.81. The number of nitrogens with zero attached hydrogens (tertiary/aromatic N) is 4. The fraction of sp³-hybridized carbons (Fsp3) is 0.417. The van der Waals surface area contributed by atoms with Gasteiger partial charge in [0, 0.05) is 5.56 Å². The molecule has 0 unspecified atom stereocenters. The molecule has 0 saturated heterocycles. The fourth-order valence-electron chi connectivity index (χ4n) is 1.58. The van der Waals surface area contributed by atoms with E-state index in [0.29, 0.717) is 25.6 Å². The molecule has 0 spiro atoms. The predicted octanol–water partition coefficient (Wildman–Crippen LogP) is 0.657. The van der Waals surface area contributed by atoms with Crippen LogP contribution in [0.15, 0.2) is 24.3 Å². The highest BCUT2D eigenvalue weighted by molar-refractivity contribution is 5.58. The Bertz CT molecular complexity index is 498. The second kappa shape index (κ2) is 6.23. The first-order valence-corrected chi connectivity index (χ1v) is 5.83. The average molecular weight is 248 g/mol. The van der Waals surface area contributed by atoms with Crippen LogP contribution in [0, 0.1) is 6.92 Å². The van der Waals surface area contributed by atoms with E-state index in [0.717, 1.165) is 11.1 Å². The summed E-state index contributed by atoms with van der Waals surface area (Å²) in [5.74, 6) is 0.621. The van der Waals surface area contributed by atoms with Crippen LogP contribution in [0.2, 0.25) is 0 Å². The third-order valence-corrected chi connectivity index (χ3v) is 2.51. The summed E-state index contributed by atoms with van der Waals surface area (Å²) < 4.78 is 5.15. The molecule has 0 saturated carbocycles. The highest BCUT2D eigenvalue weighted by atomic mass is 16.5. The summed E-state index contributed by atoms with van der Waals surface area (Å²) in [6, 6.07) is 7.92. The number of aryl methyl sites for hydroxylation is 1.